The predicted molar refractivity (Wildman–Crippen MR) is 95.4 cm³/mol. The number of unbranched alkanes of at least 4 members (excludes halogenated alkanes) is 1. The maximum absolute atomic E-state index is 12.6. The fourth-order valence-electron chi connectivity index (χ4n) is 3.65. The van der Waals surface area contributed by atoms with Gasteiger partial charge >= 0.3 is 0 Å². The van der Waals surface area contributed by atoms with Gasteiger partial charge in [-0.2, -0.15) is 5.26 Å². The second-order valence-electron chi connectivity index (χ2n) is 6.90. The van der Waals surface area contributed by atoms with Crippen LogP contribution in [-0.4, -0.2) is 34.6 Å². The van der Waals surface area contributed by atoms with E-state index in [9.17, 15) is 15.2 Å². The van der Waals surface area contributed by atoms with E-state index < -0.39 is 6.04 Å². The summed E-state index contributed by atoms with van der Waals surface area (Å²) in [7, 11) is 0. The van der Waals surface area contributed by atoms with Gasteiger partial charge in [-0.25, -0.2) is 0 Å². The number of nitrogens with zero attached hydrogens (tertiary/aromatic N) is 2. The summed E-state index contributed by atoms with van der Waals surface area (Å²) in [5.41, 5.74) is 1.94. The van der Waals surface area contributed by atoms with Crippen LogP contribution < -0.4 is 0 Å². The predicted octanol–water partition coefficient (Wildman–Crippen LogP) is 2.82. The molecule has 0 aromatic heterocycles. The van der Waals surface area contributed by atoms with Gasteiger partial charge in [0.25, 0.3) is 0 Å². The van der Waals surface area contributed by atoms with E-state index in [-0.39, 0.29) is 30.4 Å². The fourth-order valence-corrected chi connectivity index (χ4v) is 3.65. The molecule has 4 heteroatoms. The Kier molecular flexibility index (Phi) is 5.41. The van der Waals surface area contributed by atoms with Crippen LogP contribution in [0.4, 0.5) is 0 Å². The average molecular weight is 336 g/mol. The van der Waals surface area contributed by atoms with Gasteiger partial charge in [-0.15, -0.1) is 0 Å². The molecule has 1 saturated heterocycles. The smallest absolute Gasteiger partial charge is 0.227 e. The summed E-state index contributed by atoms with van der Waals surface area (Å²) in [5.74, 6) is 6.20. The Morgan fingerprint density at radius 1 is 1.32 bits per heavy atom. The second kappa shape index (κ2) is 7.72. The molecule has 1 amide bonds. The van der Waals surface area contributed by atoms with Gasteiger partial charge in [0.05, 0.1) is 18.7 Å². The molecule has 1 heterocycles. The molecular weight excluding hydrogens is 312 g/mol. The minimum Gasteiger partial charge on any atom is -0.394 e. The van der Waals surface area contributed by atoms with Gasteiger partial charge in [0.2, 0.25) is 5.91 Å². The van der Waals surface area contributed by atoms with Crippen LogP contribution in [0.25, 0.3) is 0 Å². The number of aliphatic hydroxyl groups is 1. The molecule has 2 fully saturated rings. The third-order valence-electron chi connectivity index (χ3n) is 5.34. The molecule has 4 nitrogen and oxygen atoms in total. The minimum absolute atomic E-state index is 0.0372. The van der Waals surface area contributed by atoms with Gasteiger partial charge in [0.1, 0.15) is 6.04 Å². The topological polar surface area (TPSA) is 64.3 Å². The lowest BCUT2D eigenvalue weighted by Crippen LogP contribution is -2.66. The molecule has 1 aliphatic heterocycles. The zero-order chi connectivity index (χ0) is 17.8. The minimum atomic E-state index is -0.484. The Morgan fingerprint density at radius 3 is 2.56 bits per heavy atom. The summed E-state index contributed by atoms with van der Waals surface area (Å²) in [6.45, 7) is 1.99. The molecule has 0 spiro atoms. The number of hydrogen-bond donors (Lipinski definition) is 1. The molecule has 3 atom stereocenters. The lowest BCUT2D eigenvalue weighted by atomic mass is 9.73. The Hall–Kier alpha value is -2.30. The third kappa shape index (κ3) is 3.28. The third-order valence-corrected chi connectivity index (χ3v) is 5.34. The summed E-state index contributed by atoms with van der Waals surface area (Å²) in [6.07, 6.45) is 4.81. The summed E-state index contributed by atoms with van der Waals surface area (Å²) < 4.78 is 0. The first-order valence-corrected chi connectivity index (χ1v) is 9.12. The highest BCUT2D eigenvalue weighted by molar-refractivity contribution is 5.82. The van der Waals surface area contributed by atoms with Crippen molar-refractivity contribution in [3.63, 3.8) is 0 Å². The molecule has 1 saturated carbocycles. The summed E-state index contributed by atoms with van der Waals surface area (Å²) in [6, 6.07) is 9.34. The maximum atomic E-state index is 12.6. The number of aliphatic hydroxyl groups excluding tert-OH is 1. The van der Waals surface area contributed by atoms with E-state index in [0.29, 0.717) is 0 Å². The van der Waals surface area contributed by atoms with Crippen LogP contribution >= 0.6 is 0 Å². The second-order valence-corrected chi connectivity index (χ2v) is 6.90. The molecule has 1 aromatic rings. The lowest BCUT2D eigenvalue weighted by molar-refractivity contribution is -0.154. The van der Waals surface area contributed by atoms with Crippen LogP contribution in [-0.2, 0) is 4.79 Å². The van der Waals surface area contributed by atoms with Crippen molar-refractivity contribution in [2.75, 3.05) is 6.61 Å². The van der Waals surface area contributed by atoms with E-state index in [1.165, 1.54) is 0 Å². The first-order valence-electron chi connectivity index (χ1n) is 9.12. The molecule has 3 rings (SSSR count). The van der Waals surface area contributed by atoms with Crippen molar-refractivity contribution < 1.29 is 9.90 Å². The summed E-state index contributed by atoms with van der Waals surface area (Å²) in [4.78, 5) is 14.2. The average Bonchev–Trinajstić information content (AvgIpc) is 2.55. The number of likely N-dealkylation sites (tertiary alicyclic amines) is 1. The number of carbonyl (C=O) groups excluding carboxylic acids is 1. The zero-order valence-corrected chi connectivity index (χ0v) is 14.6. The highest BCUT2D eigenvalue weighted by atomic mass is 16.3. The number of rotatable bonds is 4. The lowest BCUT2D eigenvalue weighted by Gasteiger charge is -2.53. The molecule has 0 radical (unpaired) electrons. The van der Waals surface area contributed by atoms with Crippen LogP contribution in [0.3, 0.4) is 0 Å². The van der Waals surface area contributed by atoms with Gasteiger partial charge in [-0.1, -0.05) is 37.3 Å². The van der Waals surface area contributed by atoms with Crippen LogP contribution in [0.1, 0.15) is 56.1 Å². The van der Waals surface area contributed by atoms with E-state index in [1.54, 1.807) is 4.90 Å². The van der Waals surface area contributed by atoms with Crippen molar-refractivity contribution in [2.24, 2.45) is 5.92 Å². The summed E-state index contributed by atoms with van der Waals surface area (Å²) >= 11 is 0. The summed E-state index contributed by atoms with van der Waals surface area (Å²) in [5, 5.41) is 19.4. The molecule has 1 aliphatic carbocycles. The highest BCUT2D eigenvalue weighted by Crippen LogP contribution is 2.43. The number of nitriles is 1. The van der Waals surface area contributed by atoms with Crippen molar-refractivity contribution in [1.29, 1.82) is 5.26 Å². The molecule has 0 bridgehead atoms. The normalized spacial score (nSPS) is 25.2. The number of hydrogen-bond acceptors (Lipinski definition) is 3. The maximum Gasteiger partial charge on any atom is 0.227 e. The largest absolute Gasteiger partial charge is 0.394 e. The van der Waals surface area contributed by atoms with Crippen molar-refractivity contribution in [2.45, 2.75) is 57.0 Å². The van der Waals surface area contributed by atoms with Crippen molar-refractivity contribution in [1.82, 2.24) is 4.90 Å². The monoisotopic (exact) mass is 336 g/mol. The van der Waals surface area contributed by atoms with E-state index in [1.807, 2.05) is 24.3 Å². The molecule has 0 unspecified atom stereocenters. The van der Waals surface area contributed by atoms with Crippen molar-refractivity contribution >= 4 is 5.91 Å². The van der Waals surface area contributed by atoms with E-state index >= 15 is 0 Å². The fraction of sp³-hybridized carbons (Fsp3) is 0.524. The molecule has 2 aliphatic rings. The number of amides is 1. The molecular formula is C21H24N2O2. The quantitative estimate of drug-likeness (QED) is 0.860. The van der Waals surface area contributed by atoms with Crippen LogP contribution in [0.5, 0.6) is 0 Å². The number of carbonyl (C=O) groups is 1. The SMILES string of the molecule is CCCC#Cc1ccc([C@@H]2[C@@H](CO)N(C(=O)C3CCC3)[C@H]2C#N)cc1. The Labute approximate surface area is 149 Å². The highest BCUT2D eigenvalue weighted by Gasteiger charge is 2.53. The van der Waals surface area contributed by atoms with Gasteiger partial charge in [-0.3, -0.25) is 4.79 Å². The molecule has 1 N–H and O–H groups in total. The molecule has 25 heavy (non-hydrogen) atoms. The van der Waals surface area contributed by atoms with Crippen LogP contribution in [0.15, 0.2) is 24.3 Å². The van der Waals surface area contributed by atoms with Crippen molar-refractivity contribution in [3.05, 3.63) is 35.4 Å². The molecule has 130 valence electrons. The first-order chi connectivity index (χ1) is 12.2. The molecule has 1 aromatic carbocycles. The van der Waals surface area contributed by atoms with Gasteiger partial charge < -0.3 is 10.0 Å². The Balaban J connectivity index is 1.76. The first kappa shape index (κ1) is 17.5. The van der Waals surface area contributed by atoms with Crippen LogP contribution in [0.2, 0.25) is 0 Å². The van der Waals surface area contributed by atoms with Gasteiger partial charge in [-0.05, 0) is 37.0 Å². The van der Waals surface area contributed by atoms with Gasteiger partial charge in [0.15, 0.2) is 0 Å². The van der Waals surface area contributed by atoms with Crippen LogP contribution in [0, 0.1) is 29.1 Å². The zero-order valence-electron chi connectivity index (χ0n) is 14.6. The standard InChI is InChI=1S/C21H24N2O2/c1-2-3-4-6-15-9-11-16(12-10-15)20-18(13-22)23(19(20)14-24)21(25)17-7-5-8-17/h9-12,17-20,24H,2-3,5,7-8,14H2,1H3/t18-,19+,20-/m0/s1. The van der Waals surface area contributed by atoms with Gasteiger partial charge in [0, 0.05) is 23.8 Å². The van der Waals surface area contributed by atoms with E-state index in [4.69, 9.17) is 0 Å². The Bertz CT molecular complexity index is 719. The van der Waals surface area contributed by atoms with E-state index in [2.05, 4.69) is 24.8 Å². The van der Waals surface area contributed by atoms with E-state index in [0.717, 1.165) is 43.2 Å². The Morgan fingerprint density at radius 2 is 2.04 bits per heavy atom. The van der Waals surface area contributed by atoms with Crippen molar-refractivity contribution in [3.8, 4) is 17.9 Å². The number of benzene rings is 1.